The molecule has 2 nitrogen and oxygen atoms in total. The first-order valence-corrected chi connectivity index (χ1v) is 3.17. The standard InChI is InChI=1S/C6H15NO/c1-4-6(3)7(8)5-2/h6,8H,4-5H2,1-3H3. The van der Waals surface area contributed by atoms with E-state index in [9.17, 15) is 0 Å². The summed E-state index contributed by atoms with van der Waals surface area (Å²) >= 11 is 0. The summed E-state index contributed by atoms with van der Waals surface area (Å²) in [5.74, 6) is 0. The normalized spacial score (nSPS) is 14.6. The maximum Gasteiger partial charge on any atom is 0.0319 e. The topological polar surface area (TPSA) is 23.5 Å². The summed E-state index contributed by atoms with van der Waals surface area (Å²) in [6, 6.07) is 0.306. The van der Waals surface area contributed by atoms with Crippen LogP contribution in [0.4, 0.5) is 0 Å². The van der Waals surface area contributed by atoms with Crippen LogP contribution in [0.3, 0.4) is 0 Å². The zero-order chi connectivity index (χ0) is 6.57. The fraction of sp³-hybridized carbons (Fsp3) is 1.00. The monoisotopic (exact) mass is 117 g/mol. The average Bonchev–Trinajstić information content (AvgIpc) is 1.84. The molecule has 8 heavy (non-hydrogen) atoms. The third-order valence-corrected chi connectivity index (χ3v) is 1.42. The number of hydrogen-bond acceptors (Lipinski definition) is 2. The molecule has 0 amide bonds. The van der Waals surface area contributed by atoms with Gasteiger partial charge in [-0.1, -0.05) is 13.8 Å². The zero-order valence-corrected chi connectivity index (χ0v) is 5.89. The van der Waals surface area contributed by atoms with Gasteiger partial charge >= 0.3 is 0 Å². The van der Waals surface area contributed by atoms with E-state index in [1.54, 1.807) is 0 Å². The lowest BCUT2D eigenvalue weighted by atomic mass is 10.2. The van der Waals surface area contributed by atoms with E-state index in [4.69, 9.17) is 5.21 Å². The van der Waals surface area contributed by atoms with E-state index in [0.29, 0.717) is 6.04 Å². The second-order valence-corrected chi connectivity index (χ2v) is 2.01. The van der Waals surface area contributed by atoms with Gasteiger partial charge in [-0.15, -0.1) is 0 Å². The maximum absolute atomic E-state index is 8.96. The van der Waals surface area contributed by atoms with Crippen molar-refractivity contribution in [3.05, 3.63) is 0 Å². The van der Waals surface area contributed by atoms with E-state index in [0.717, 1.165) is 13.0 Å². The second-order valence-electron chi connectivity index (χ2n) is 2.01. The molecule has 0 saturated heterocycles. The Kier molecular flexibility index (Phi) is 3.83. The molecule has 0 spiro atoms. The highest BCUT2D eigenvalue weighted by atomic mass is 16.5. The van der Waals surface area contributed by atoms with Gasteiger partial charge in [-0.25, -0.2) is 0 Å². The van der Waals surface area contributed by atoms with E-state index < -0.39 is 0 Å². The van der Waals surface area contributed by atoms with Gasteiger partial charge < -0.3 is 5.21 Å². The lowest BCUT2D eigenvalue weighted by Gasteiger charge is -2.18. The second kappa shape index (κ2) is 3.87. The van der Waals surface area contributed by atoms with Crippen molar-refractivity contribution in [2.24, 2.45) is 0 Å². The highest BCUT2D eigenvalue weighted by Crippen LogP contribution is 1.96. The highest BCUT2D eigenvalue weighted by Gasteiger charge is 2.03. The third-order valence-electron chi connectivity index (χ3n) is 1.42. The minimum Gasteiger partial charge on any atom is -0.314 e. The molecular formula is C6H15NO. The Labute approximate surface area is 51.1 Å². The van der Waals surface area contributed by atoms with Crippen molar-refractivity contribution in [3.8, 4) is 0 Å². The first-order chi connectivity index (χ1) is 3.72. The molecule has 0 fully saturated rings. The first kappa shape index (κ1) is 7.92. The quantitative estimate of drug-likeness (QED) is 0.566. The van der Waals surface area contributed by atoms with Gasteiger partial charge in [0, 0.05) is 12.6 Å². The Bertz CT molecular complexity index is 48.5. The van der Waals surface area contributed by atoms with Crippen molar-refractivity contribution in [2.75, 3.05) is 6.54 Å². The van der Waals surface area contributed by atoms with Gasteiger partial charge in [0.2, 0.25) is 0 Å². The van der Waals surface area contributed by atoms with Crippen LogP contribution in [0.5, 0.6) is 0 Å². The average molecular weight is 117 g/mol. The molecule has 0 radical (unpaired) electrons. The van der Waals surface area contributed by atoms with E-state index in [2.05, 4.69) is 6.92 Å². The van der Waals surface area contributed by atoms with Crippen LogP contribution in [0.1, 0.15) is 27.2 Å². The zero-order valence-electron chi connectivity index (χ0n) is 5.89. The summed E-state index contributed by atoms with van der Waals surface area (Å²) in [7, 11) is 0. The van der Waals surface area contributed by atoms with E-state index in [1.807, 2.05) is 13.8 Å². The fourth-order valence-electron chi connectivity index (χ4n) is 0.522. The van der Waals surface area contributed by atoms with Crippen LogP contribution in [0.25, 0.3) is 0 Å². The SMILES string of the molecule is CCC(C)N(O)CC. The molecule has 1 unspecified atom stereocenters. The molecule has 1 N–H and O–H groups in total. The Balaban J connectivity index is 3.29. The van der Waals surface area contributed by atoms with Crippen LogP contribution in [0.2, 0.25) is 0 Å². The van der Waals surface area contributed by atoms with Gasteiger partial charge in [0.15, 0.2) is 0 Å². The first-order valence-electron chi connectivity index (χ1n) is 3.17. The largest absolute Gasteiger partial charge is 0.314 e. The minimum absolute atomic E-state index is 0.306. The molecule has 1 atom stereocenters. The summed E-state index contributed by atoms with van der Waals surface area (Å²) in [5.41, 5.74) is 0. The predicted molar refractivity (Wildman–Crippen MR) is 33.9 cm³/mol. The van der Waals surface area contributed by atoms with Gasteiger partial charge in [-0.05, 0) is 13.3 Å². The number of nitrogens with zero attached hydrogens (tertiary/aromatic N) is 1. The van der Waals surface area contributed by atoms with Crippen LogP contribution in [-0.2, 0) is 0 Å². The Hall–Kier alpha value is -0.0800. The van der Waals surface area contributed by atoms with E-state index in [1.165, 1.54) is 5.06 Å². The van der Waals surface area contributed by atoms with Crippen LogP contribution in [-0.4, -0.2) is 22.9 Å². The molecule has 2 heteroatoms. The highest BCUT2D eigenvalue weighted by molar-refractivity contribution is 4.52. The van der Waals surface area contributed by atoms with Crippen molar-refractivity contribution in [3.63, 3.8) is 0 Å². The molecule has 0 bridgehead atoms. The predicted octanol–water partition coefficient (Wildman–Crippen LogP) is 1.50. The van der Waals surface area contributed by atoms with Crippen molar-refractivity contribution in [2.45, 2.75) is 33.2 Å². The molecule has 0 aliphatic heterocycles. The van der Waals surface area contributed by atoms with Gasteiger partial charge in [-0.3, -0.25) is 0 Å². The Morgan fingerprint density at radius 3 is 2.12 bits per heavy atom. The van der Waals surface area contributed by atoms with Crippen LogP contribution >= 0.6 is 0 Å². The molecule has 0 aromatic carbocycles. The van der Waals surface area contributed by atoms with Crippen molar-refractivity contribution >= 4 is 0 Å². The minimum atomic E-state index is 0.306. The number of hydroxylamine groups is 2. The Morgan fingerprint density at radius 2 is 2.00 bits per heavy atom. The van der Waals surface area contributed by atoms with Gasteiger partial charge in [-0.2, -0.15) is 5.06 Å². The number of hydrogen-bond donors (Lipinski definition) is 1. The van der Waals surface area contributed by atoms with Crippen molar-refractivity contribution in [1.82, 2.24) is 5.06 Å². The molecule has 0 aromatic heterocycles. The molecule has 0 saturated carbocycles. The molecular weight excluding hydrogens is 102 g/mol. The van der Waals surface area contributed by atoms with Gasteiger partial charge in [0.1, 0.15) is 0 Å². The van der Waals surface area contributed by atoms with Crippen molar-refractivity contribution in [1.29, 1.82) is 0 Å². The van der Waals surface area contributed by atoms with Crippen LogP contribution in [0.15, 0.2) is 0 Å². The summed E-state index contributed by atoms with van der Waals surface area (Å²) in [4.78, 5) is 0. The molecule has 0 aromatic rings. The molecule has 50 valence electrons. The molecule has 0 aliphatic rings. The molecule has 0 aliphatic carbocycles. The molecule has 0 heterocycles. The van der Waals surface area contributed by atoms with Crippen LogP contribution in [0, 0.1) is 0 Å². The van der Waals surface area contributed by atoms with Crippen LogP contribution < -0.4 is 0 Å². The Morgan fingerprint density at radius 1 is 1.50 bits per heavy atom. The van der Waals surface area contributed by atoms with Gasteiger partial charge in [0.25, 0.3) is 0 Å². The lowest BCUT2D eigenvalue weighted by molar-refractivity contribution is -0.118. The van der Waals surface area contributed by atoms with Crippen molar-refractivity contribution < 1.29 is 5.21 Å². The lowest BCUT2D eigenvalue weighted by Crippen LogP contribution is -2.28. The summed E-state index contributed by atoms with van der Waals surface area (Å²) in [6.07, 6.45) is 1.00. The molecule has 0 rings (SSSR count). The van der Waals surface area contributed by atoms with Gasteiger partial charge in [0.05, 0.1) is 0 Å². The summed E-state index contributed by atoms with van der Waals surface area (Å²) in [5, 5.41) is 10.3. The summed E-state index contributed by atoms with van der Waals surface area (Å²) in [6.45, 7) is 6.72. The smallest absolute Gasteiger partial charge is 0.0319 e. The summed E-state index contributed by atoms with van der Waals surface area (Å²) < 4.78 is 0. The van der Waals surface area contributed by atoms with E-state index >= 15 is 0 Å². The third kappa shape index (κ3) is 2.28. The van der Waals surface area contributed by atoms with E-state index in [-0.39, 0.29) is 0 Å². The fourth-order valence-corrected chi connectivity index (χ4v) is 0.522. The maximum atomic E-state index is 8.96. The number of rotatable bonds is 3.